The number of hydrogen-bond acceptors (Lipinski definition) is 4. The van der Waals surface area contributed by atoms with Crippen LogP contribution in [0.15, 0.2) is 47.9 Å². The van der Waals surface area contributed by atoms with Crippen molar-refractivity contribution >= 4 is 23.4 Å². The van der Waals surface area contributed by atoms with E-state index in [2.05, 4.69) is 67.4 Å². The fraction of sp³-hybridized carbons (Fsp3) is 0.318. The van der Waals surface area contributed by atoms with Crippen LogP contribution < -0.4 is 4.90 Å². The molecule has 0 radical (unpaired) electrons. The fourth-order valence-corrected chi connectivity index (χ4v) is 4.37. The Kier molecular flexibility index (Phi) is 5.22. The number of fused-ring (bicyclic) bond motifs is 1. The lowest BCUT2D eigenvalue weighted by atomic mass is 10.00. The molecule has 5 nitrogen and oxygen atoms in total. The average Bonchev–Trinajstić information content (AvgIpc) is 3.16. The van der Waals surface area contributed by atoms with Gasteiger partial charge in [0.1, 0.15) is 6.33 Å². The van der Waals surface area contributed by atoms with Crippen LogP contribution in [0.1, 0.15) is 28.7 Å². The molecule has 28 heavy (non-hydrogen) atoms. The molecule has 0 atom stereocenters. The highest BCUT2D eigenvalue weighted by atomic mass is 32.2. The van der Waals surface area contributed by atoms with Gasteiger partial charge in [-0.05, 0) is 68.5 Å². The lowest BCUT2D eigenvalue weighted by molar-refractivity contribution is -0.116. The number of hydrogen-bond donors (Lipinski definition) is 0. The number of carbonyl (C=O) groups excluding carboxylic acids is 1. The maximum absolute atomic E-state index is 12.9. The predicted molar refractivity (Wildman–Crippen MR) is 113 cm³/mol. The van der Waals surface area contributed by atoms with Gasteiger partial charge in [0.25, 0.3) is 0 Å². The van der Waals surface area contributed by atoms with Crippen molar-refractivity contribution in [3.05, 3.63) is 65.0 Å². The maximum atomic E-state index is 12.9. The summed E-state index contributed by atoms with van der Waals surface area (Å²) in [6.07, 6.45) is 3.75. The summed E-state index contributed by atoms with van der Waals surface area (Å²) in [6, 6.07) is 12.6. The molecule has 2 heterocycles. The first kappa shape index (κ1) is 18.7. The van der Waals surface area contributed by atoms with Crippen LogP contribution in [0, 0.1) is 20.8 Å². The third-order valence-corrected chi connectivity index (χ3v) is 6.19. The van der Waals surface area contributed by atoms with Crippen LogP contribution in [0.4, 0.5) is 5.69 Å². The summed E-state index contributed by atoms with van der Waals surface area (Å²) in [4.78, 5) is 14.9. The highest BCUT2D eigenvalue weighted by Crippen LogP contribution is 2.29. The molecule has 144 valence electrons. The number of benzene rings is 2. The van der Waals surface area contributed by atoms with Crippen LogP contribution in [0.2, 0.25) is 0 Å². The summed E-state index contributed by atoms with van der Waals surface area (Å²) in [5.74, 6) is 0.459. The van der Waals surface area contributed by atoms with Gasteiger partial charge in [-0.3, -0.25) is 9.36 Å². The van der Waals surface area contributed by atoms with Crippen LogP contribution >= 0.6 is 11.8 Å². The number of carbonyl (C=O) groups is 1. The number of rotatable bonds is 4. The molecule has 0 N–H and O–H groups in total. The van der Waals surface area contributed by atoms with Gasteiger partial charge in [-0.1, -0.05) is 35.5 Å². The minimum absolute atomic E-state index is 0.115. The number of nitrogens with zero attached hydrogens (tertiary/aromatic N) is 4. The first-order chi connectivity index (χ1) is 13.5. The Balaban J connectivity index is 1.50. The fourth-order valence-electron chi connectivity index (χ4n) is 3.56. The summed E-state index contributed by atoms with van der Waals surface area (Å²) in [7, 11) is 0. The second kappa shape index (κ2) is 7.80. The summed E-state index contributed by atoms with van der Waals surface area (Å²) >= 11 is 1.44. The van der Waals surface area contributed by atoms with E-state index in [0.717, 1.165) is 35.9 Å². The normalized spacial score (nSPS) is 13.5. The van der Waals surface area contributed by atoms with Gasteiger partial charge in [0.05, 0.1) is 5.75 Å². The molecule has 1 aromatic heterocycles. The molecular weight excluding hydrogens is 368 g/mol. The van der Waals surface area contributed by atoms with Crippen molar-refractivity contribution in [3.8, 4) is 5.69 Å². The van der Waals surface area contributed by atoms with E-state index in [4.69, 9.17) is 0 Å². The summed E-state index contributed by atoms with van der Waals surface area (Å²) in [5, 5.41) is 9.01. The Morgan fingerprint density at radius 2 is 1.96 bits per heavy atom. The van der Waals surface area contributed by atoms with Gasteiger partial charge in [0, 0.05) is 17.9 Å². The lowest BCUT2D eigenvalue weighted by Crippen LogP contribution is -2.36. The Bertz CT molecular complexity index is 1030. The molecule has 4 rings (SSSR count). The van der Waals surface area contributed by atoms with E-state index in [1.165, 1.54) is 34.0 Å². The maximum Gasteiger partial charge on any atom is 0.237 e. The predicted octanol–water partition coefficient (Wildman–Crippen LogP) is 4.26. The molecule has 0 spiro atoms. The molecule has 0 fully saturated rings. The van der Waals surface area contributed by atoms with Crippen molar-refractivity contribution in [2.75, 3.05) is 17.2 Å². The third kappa shape index (κ3) is 3.69. The molecule has 1 amide bonds. The lowest BCUT2D eigenvalue weighted by Gasteiger charge is -2.29. The van der Waals surface area contributed by atoms with E-state index in [0.29, 0.717) is 5.75 Å². The third-order valence-electron chi connectivity index (χ3n) is 5.26. The monoisotopic (exact) mass is 392 g/mol. The van der Waals surface area contributed by atoms with Gasteiger partial charge in [-0.2, -0.15) is 0 Å². The van der Waals surface area contributed by atoms with Crippen molar-refractivity contribution < 1.29 is 4.79 Å². The molecular formula is C22H24N4OS. The standard InChI is InChI=1S/C22H24N4OS/c1-15-6-9-20-18(11-15)5-4-10-25(20)21(27)13-28-22-24-23-14-26(22)19-8-7-16(2)17(3)12-19/h6-9,11-12,14H,4-5,10,13H2,1-3H3. The van der Waals surface area contributed by atoms with E-state index < -0.39 is 0 Å². The number of aryl methyl sites for hydroxylation is 4. The van der Waals surface area contributed by atoms with Crippen molar-refractivity contribution in [1.82, 2.24) is 14.8 Å². The SMILES string of the molecule is Cc1ccc2c(c1)CCCN2C(=O)CSc1nncn1-c1ccc(C)c(C)c1. The van der Waals surface area contributed by atoms with E-state index in [1.54, 1.807) is 6.33 Å². The van der Waals surface area contributed by atoms with Gasteiger partial charge in [-0.15, -0.1) is 10.2 Å². The number of thioether (sulfide) groups is 1. The van der Waals surface area contributed by atoms with Crippen LogP contribution in [0.3, 0.4) is 0 Å². The first-order valence-electron chi connectivity index (χ1n) is 9.53. The van der Waals surface area contributed by atoms with Crippen molar-refractivity contribution in [3.63, 3.8) is 0 Å². The van der Waals surface area contributed by atoms with E-state index in [9.17, 15) is 4.79 Å². The molecule has 3 aromatic rings. The molecule has 0 aliphatic carbocycles. The molecule has 0 saturated carbocycles. The second-order valence-electron chi connectivity index (χ2n) is 7.32. The molecule has 0 saturated heterocycles. The quantitative estimate of drug-likeness (QED) is 0.623. The zero-order valence-corrected chi connectivity index (χ0v) is 17.3. The van der Waals surface area contributed by atoms with Crippen molar-refractivity contribution in [1.29, 1.82) is 0 Å². The Morgan fingerprint density at radius 3 is 2.79 bits per heavy atom. The van der Waals surface area contributed by atoms with Gasteiger partial charge in [-0.25, -0.2) is 0 Å². The largest absolute Gasteiger partial charge is 0.311 e. The van der Waals surface area contributed by atoms with Gasteiger partial charge >= 0.3 is 0 Å². The van der Waals surface area contributed by atoms with E-state index in [-0.39, 0.29) is 5.91 Å². The average molecular weight is 393 g/mol. The highest BCUT2D eigenvalue weighted by molar-refractivity contribution is 7.99. The Hall–Kier alpha value is -2.60. The molecule has 0 unspecified atom stereocenters. The van der Waals surface area contributed by atoms with Crippen molar-refractivity contribution in [2.24, 2.45) is 0 Å². The van der Waals surface area contributed by atoms with Crippen molar-refractivity contribution in [2.45, 2.75) is 38.8 Å². The Morgan fingerprint density at radius 1 is 1.11 bits per heavy atom. The van der Waals surface area contributed by atoms with Gasteiger partial charge in [0.15, 0.2) is 5.16 Å². The molecule has 1 aliphatic rings. The smallest absolute Gasteiger partial charge is 0.237 e. The van der Waals surface area contributed by atoms with E-state index >= 15 is 0 Å². The highest BCUT2D eigenvalue weighted by Gasteiger charge is 2.23. The van der Waals surface area contributed by atoms with Crippen LogP contribution in [0.25, 0.3) is 5.69 Å². The second-order valence-corrected chi connectivity index (χ2v) is 8.26. The van der Waals surface area contributed by atoms with Gasteiger partial charge in [0.2, 0.25) is 5.91 Å². The zero-order valence-electron chi connectivity index (χ0n) is 16.5. The molecule has 0 bridgehead atoms. The van der Waals surface area contributed by atoms with Crippen LogP contribution in [-0.2, 0) is 11.2 Å². The van der Waals surface area contributed by atoms with Gasteiger partial charge < -0.3 is 4.90 Å². The minimum atomic E-state index is 0.115. The van der Waals surface area contributed by atoms with Crippen LogP contribution in [-0.4, -0.2) is 33.0 Å². The summed E-state index contributed by atoms with van der Waals surface area (Å²) < 4.78 is 1.94. The first-order valence-corrected chi connectivity index (χ1v) is 10.5. The number of anilines is 1. The molecule has 2 aromatic carbocycles. The number of aromatic nitrogens is 3. The topological polar surface area (TPSA) is 51.0 Å². The van der Waals surface area contributed by atoms with Crippen LogP contribution in [0.5, 0.6) is 0 Å². The molecule has 6 heteroatoms. The minimum Gasteiger partial charge on any atom is -0.311 e. The number of amides is 1. The summed E-state index contributed by atoms with van der Waals surface area (Å²) in [6.45, 7) is 7.06. The Labute approximate surface area is 169 Å². The van der Waals surface area contributed by atoms with E-state index in [1.807, 2.05) is 9.47 Å². The summed E-state index contributed by atoms with van der Waals surface area (Å²) in [5.41, 5.74) is 7.05. The molecule has 1 aliphatic heterocycles. The zero-order chi connectivity index (χ0) is 19.7.